The number of aryl methyl sites for hydroxylation is 1. The van der Waals surface area contributed by atoms with Gasteiger partial charge in [0.05, 0.1) is 23.0 Å². The standard InChI is InChI=1S/C18H17N5O2/c1-9-3-6-13(24)10(2)15(9)22-16(19)14(17(20)25)12-5-4-11-7-8-21-23(11)18(12)22/h3-8,24H,19H2,1-2H3,(H2,20,25). The molecule has 7 nitrogen and oxygen atoms in total. The summed E-state index contributed by atoms with van der Waals surface area (Å²) in [6.07, 6.45) is 1.68. The second-order valence-corrected chi connectivity index (χ2v) is 6.07. The van der Waals surface area contributed by atoms with Crippen LogP contribution >= 0.6 is 0 Å². The molecule has 0 aliphatic carbocycles. The smallest absolute Gasteiger partial charge is 0.253 e. The van der Waals surface area contributed by atoms with Crippen molar-refractivity contribution in [3.63, 3.8) is 0 Å². The van der Waals surface area contributed by atoms with Gasteiger partial charge >= 0.3 is 0 Å². The van der Waals surface area contributed by atoms with E-state index in [1.807, 2.05) is 25.1 Å². The van der Waals surface area contributed by atoms with Crippen molar-refractivity contribution in [1.82, 2.24) is 14.2 Å². The number of benzene rings is 1. The Morgan fingerprint density at radius 2 is 1.92 bits per heavy atom. The molecular formula is C18H17N5O2. The zero-order chi connectivity index (χ0) is 17.9. The molecule has 5 N–H and O–H groups in total. The maximum absolute atomic E-state index is 12.0. The third-order valence-electron chi connectivity index (χ3n) is 4.59. The number of nitrogens with zero attached hydrogens (tertiary/aromatic N) is 3. The minimum Gasteiger partial charge on any atom is -0.508 e. The Morgan fingerprint density at radius 3 is 2.64 bits per heavy atom. The number of hydrogen-bond acceptors (Lipinski definition) is 4. The van der Waals surface area contributed by atoms with Gasteiger partial charge in [0.1, 0.15) is 17.2 Å². The minimum atomic E-state index is -0.608. The van der Waals surface area contributed by atoms with Crippen LogP contribution in [-0.2, 0) is 0 Å². The zero-order valence-electron chi connectivity index (χ0n) is 13.8. The SMILES string of the molecule is Cc1ccc(O)c(C)c1-n1c(N)c(C(N)=O)c2ccc3ccnn3c21. The van der Waals surface area contributed by atoms with Crippen molar-refractivity contribution < 1.29 is 9.90 Å². The summed E-state index contributed by atoms with van der Waals surface area (Å²) in [6.45, 7) is 3.72. The quantitative estimate of drug-likeness (QED) is 0.522. The number of carbonyl (C=O) groups excluding carboxylic acids is 1. The molecule has 25 heavy (non-hydrogen) atoms. The molecular weight excluding hydrogens is 318 g/mol. The Labute approximate surface area is 143 Å². The van der Waals surface area contributed by atoms with Crippen LogP contribution in [0.5, 0.6) is 5.75 Å². The van der Waals surface area contributed by atoms with Crippen LogP contribution in [-0.4, -0.2) is 25.2 Å². The maximum atomic E-state index is 12.0. The average Bonchev–Trinajstić information content (AvgIpc) is 3.14. The van der Waals surface area contributed by atoms with Gasteiger partial charge in [-0.1, -0.05) is 6.07 Å². The Bertz CT molecular complexity index is 1170. The van der Waals surface area contributed by atoms with Crippen LogP contribution in [0.2, 0.25) is 0 Å². The number of primary amides is 1. The lowest BCUT2D eigenvalue weighted by molar-refractivity contribution is 0.100. The number of rotatable bonds is 2. The van der Waals surface area contributed by atoms with Crippen LogP contribution in [0.25, 0.3) is 22.2 Å². The highest BCUT2D eigenvalue weighted by atomic mass is 16.3. The molecule has 0 unspecified atom stereocenters. The molecule has 0 fully saturated rings. The topological polar surface area (TPSA) is 112 Å². The van der Waals surface area contributed by atoms with Crippen LogP contribution in [0.1, 0.15) is 21.5 Å². The summed E-state index contributed by atoms with van der Waals surface area (Å²) in [6, 6.07) is 8.96. The van der Waals surface area contributed by atoms with Gasteiger partial charge in [-0.2, -0.15) is 5.10 Å². The van der Waals surface area contributed by atoms with Crippen molar-refractivity contribution in [2.24, 2.45) is 5.73 Å². The molecule has 126 valence electrons. The van der Waals surface area contributed by atoms with E-state index in [1.54, 1.807) is 34.3 Å². The highest BCUT2D eigenvalue weighted by molar-refractivity contribution is 6.11. The predicted molar refractivity (Wildman–Crippen MR) is 96.1 cm³/mol. The van der Waals surface area contributed by atoms with Gasteiger partial charge in [-0.05, 0) is 43.7 Å². The molecule has 7 heteroatoms. The fraction of sp³-hybridized carbons (Fsp3) is 0.111. The number of phenolic OH excluding ortho intramolecular Hbond substituents is 1. The Kier molecular flexibility index (Phi) is 3.02. The first-order valence-corrected chi connectivity index (χ1v) is 7.77. The molecule has 0 saturated carbocycles. The molecule has 1 amide bonds. The molecule has 3 heterocycles. The number of fused-ring (bicyclic) bond motifs is 3. The van der Waals surface area contributed by atoms with Crippen molar-refractivity contribution in [1.29, 1.82) is 0 Å². The number of carbonyl (C=O) groups is 1. The summed E-state index contributed by atoms with van der Waals surface area (Å²) in [5.74, 6) is -0.236. The van der Waals surface area contributed by atoms with E-state index in [9.17, 15) is 9.90 Å². The molecule has 0 saturated heterocycles. The minimum absolute atomic E-state index is 0.148. The van der Waals surface area contributed by atoms with Gasteiger partial charge in [0, 0.05) is 10.9 Å². The first-order chi connectivity index (χ1) is 11.9. The number of nitrogens with two attached hydrogens (primary N) is 2. The summed E-state index contributed by atoms with van der Waals surface area (Å²) in [5, 5.41) is 15.1. The van der Waals surface area contributed by atoms with Gasteiger partial charge < -0.3 is 16.6 Å². The molecule has 0 bridgehead atoms. The number of hydrogen-bond donors (Lipinski definition) is 3. The van der Waals surface area contributed by atoms with E-state index in [2.05, 4.69) is 5.10 Å². The molecule has 0 radical (unpaired) electrons. The van der Waals surface area contributed by atoms with E-state index < -0.39 is 5.91 Å². The second kappa shape index (κ2) is 5.01. The fourth-order valence-electron chi connectivity index (χ4n) is 3.40. The Morgan fingerprint density at radius 1 is 1.16 bits per heavy atom. The number of amides is 1. The number of phenols is 1. The van der Waals surface area contributed by atoms with Crippen molar-refractivity contribution in [2.75, 3.05) is 5.73 Å². The summed E-state index contributed by atoms with van der Waals surface area (Å²) >= 11 is 0. The van der Waals surface area contributed by atoms with E-state index in [-0.39, 0.29) is 17.1 Å². The first kappa shape index (κ1) is 15.1. The number of pyridine rings is 1. The number of aromatic hydroxyl groups is 1. The fourth-order valence-corrected chi connectivity index (χ4v) is 3.40. The number of aromatic nitrogens is 3. The summed E-state index contributed by atoms with van der Waals surface area (Å²) in [5.41, 5.74) is 15.9. The number of anilines is 1. The van der Waals surface area contributed by atoms with Crippen LogP contribution in [0.4, 0.5) is 5.82 Å². The van der Waals surface area contributed by atoms with Crippen LogP contribution < -0.4 is 11.5 Å². The van der Waals surface area contributed by atoms with Gasteiger partial charge in [0.2, 0.25) is 0 Å². The lowest BCUT2D eigenvalue weighted by Gasteiger charge is -2.16. The summed E-state index contributed by atoms with van der Waals surface area (Å²) < 4.78 is 3.45. The maximum Gasteiger partial charge on any atom is 0.253 e. The van der Waals surface area contributed by atoms with Crippen molar-refractivity contribution in [2.45, 2.75) is 13.8 Å². The van der Waals surface area contributed by atoms with Crippen molar-refractivity contribution in [3.05, 3.63) is 53.2 Å². The highest BCUT2D eigenvalue weighted by Crippen LogP contribution is 2.36. The van der Waals surface area contributed by atoms with Crippen LogP contribution in [0.3, 0.4) is 0 Å². The molecule has 4 aromatic rings. The predicted octanol–water partition coefficient (Wildman–Crippen LogP) is 2.28. The van der Waals surface area contributed by atoms with Crippen molar-refractivity contribution >= 4 is 28.3 Å². The van der Waals surface area contributed by atoms with Crippen molar-refractivity contribution in [3.8, 4) is 11.4 Å². The third-order valence-corrected chi connectivity index (χ3v) is 4.59. The van der Waals surface area contributed by atoms with E-state index in [0.29, 0.717) is 22.3 Å². The average molecular weight is 335 g/mol. The molecule has 0 spiro atoms. The monoisotopic (exact) mass is 335 g/mol. The Hall–Kier alpha value is -3.48. The normalized spacial score (nSPS) is 11.4. The first-order valence-electron chi connectivity index (χ1n) is 7.77. The van der Waals surface area contributed by atoms with Crippen LogP contribution in [0.15, 0.2) is 36.5 Å². The van der Waals surface area contributed by atoms with Gasteiger partial charge in [-0.15, -0.1) is 0 Å². The zero-order valence-corrected chi connectivity index (χ0v) is 13.8. The summed E-state index contributed by atoms with van der Waals surface area (Å²) in [4.78, 5) is 12.0. The molecule has 0 aliphatic heterocycles. The third kappa shape index (κ3) is 1.92. The molecule has 4 rings (SSSR count). The van der Waals surface area contributed by atoms with Gasteiger partial charge in [-0.25, -0.2) is 4.52 Å². The van der Waals surface area contributed by atoms with E-state index in [4.69, 9.17) is 11.5 Å². The highest BCUT2D eigenvalue weighted by Gasteiger charge is 2.24. The van der Waals surface area contributed by atoms with Crippen LogP contribution in [0, 0.1) is 13.8 Å². The van der Waals surface area contributed by atoms with E-state index >= 15 is 0 Å². The lowest BCUT2D eigenvalue weighted by atomic mass is 10.1. The molecule has 0 atom stereocenters. The van der Waals surface area contributed by atoms with Gasteiger partial charge in [0.25, 0.3) is 5.91 Å². The number of nitrogen functional groups attached to an aromatic ring is 1. The largest absolute Gasteiger partial charge is 0.508 e. The lowest BCUT2D eigenvalue weighted by Crippen LogP contribution is -2.14. The van der Waals surface area contributed by atoms with E-state index in [0.717, 1.165) is 11.1 Å². The molecule has 1 aromatic carbocycles. The molecule has 0 aliphatic rings. The van der Waals surface area contributed by atoms with Gasteiger partial charge in [0.15, 0.2) is 0 Å². The van der Waals surface area contributed by atoms with Gasteiger partial charge in [-0.3, -0.25) is 9.36 Å². The second-order valence-electron chi connectivity index (χ2n) is 6.07. The summed E-state index contributed by atoms with van der Waals surface area (Å²) in [7, 11) is 0. The molecule has 3 aromatic heterocycles. The Balaban J connectivity index is 2.29. The van der Waals surface area contributed by atoms with E-state index in [1.165, 1.54) is 0 Å².